The van der Waals surface area contributed by atoms with Gasteiger partial charge in [-0.2, -0.15) is 11.8 Å². The minimum absolute atomic E-state index is 0.547. The highest BCUT2D eigenvalue weighted by Gasteiger charge is 2.12. The van der Waals surface area contributed by atoms with E-state index in [1.807, 2.05) is 11.8 Å². The Kier molecular flexibility index (Phi) is 6.59. The van der Waals surface area contributed by atoms with Gasteiger partial charge in [-0.1, -0.05) is 0 Å². The van der Waals surface area contributed by atoms with Crippen LogP contribution in [-0.4, -0.2) is 44.3 Å². The van der Waals surface area contributed by atoms with Crippen LogP contribution in [0.5, 0.6) is 0 Å². The molecule has 1 fully saturated rings. The predicted octanol–water partition coefficient (Wildman–Crippen LogP) is 0.680. The largest absolute Gasteiger partial charge is 0.383 e. The lowest BCUT2D eigenvalue weighted by atomic mass is 10.0. The van der Waals surface area contributed by atoms with Crippen molar-refractivity contribution in [2.45, 2.75) is 12.8 Å². The minimum Gasteiger partial charge on any atom is -0.383 e. The fraction of sp³-hybridized carbons (Fsp3) is 0.900. The molecule has 5 heteroatoms. The number of nitrogens with one attached hydrogen (secondary N) is 1. The number of aliphatic imine (C=N–C) groups is 1. The number of ether oxygens (including phenoxy) is 1. The Balaban J connectivity index is 2.11. The number of rotatable bonds is 5. The molecule has 0 atom stereocenters. The van der Waals surface area contributed by atoms with E-state index in [0.717, 1.165) is 19.0 Å². The fourth-order valence-corrected chi connectivity index (χ4v) is 2.70. The third-order valence-corrected chi connectivity index (χ3v) is 3.52. The van der Waals surface area contributed by atoms with Crippen LogP contribution in [0.25, 0.3) is 0 Å². The molecule has 88 valence electrons. The SMILES string of the molecule is COCCNC(N)=NCC1CCSCC1. The second-order valence-electron chi connectivity index (χ2n) is 3.70. The van der Waals surface area contributed by atoms with Crippen LogP contribution in [0, 0.1) is 5.92 Å². The van der Waals surface area contributed by atoms with Gasteiger partial charge in [-0.15, -0.1) is 0 Å². The van der Waals surface area contributed by atoms with Crippen LogP contribution < -0.4 is 11.1 Å². The van der Waals surface area contributed by atoms with Gasteiger partial charge in [0.25, 0.3) is 0 Å². The summed E-state index contributed by atoms with van der Waals surface area (Å²) in [6, 6.07) is 0. The third kappa shape index (κ3) is 5.89. The molecule has 1 heterocycles. The molecule has 3 N–H and O–H groups in total. The van der Waals surface area contributed by atoms with E-state index in [-0.39, 0.29) is 0 Å². The summed E-state index contributed by atoms with van der Waals surface area (Å²) in [5.74, 6) is 3.83. The molecular weight excluding hydrogens is 210 g/mol. The van der Waals surface area contributed by atoms with Gasteiger partial charge in [0.1, 0.15) is 0 Å². The summed E-state index contributed by atoms with van der Waals surface area (Å²) in [4.78, 5) is 4.34. The molecule has 1 aliphatic rings. The Morgan fingerprint density at radius 3 is 2.93 bits per heavy atom. The van der Waals surface area contributed by atoms with Gasteiger partial charge in [0.05, 0.1) is 6.61 Å². The maximum atomic E-state index is 5.71. The van der Waals surface area contributed by atoms with E-state index < -0.39 is 0 Å². The van der Waals surface area contributed by atoms with Crippen molar-refractivity contribution in [3.63, 3.8) is 0 Å². The maximum absolute atomic E-state index is 5.71. The first kappa shape index (κ1) is 12.6. The average Bonchev–Trinajstić information content (AvgIpc) is 2.28. The molecule has 0 aromatic carbocycles. The monoisotopic (exact) mass is 231 g/mol. The van der Waals surface area contributed by atoms with Gasteiger partial charge in [0.2, 0.25) is 0 Å². The smallest absolute Gasteiger partial charge is 0.188 e. The van der Waals surface area contributed by atoms with E-state index in [0.29, 0.717) is 12.6 Å². The van der Waals surface area contributed by atoms with Crippen molar-refractivity contribution in [2.24, 2.45) is 16.6 Å². The van der Waals surface area contributed by atoms with Crippen molar-refractivity contribution >= 4 is 17.7 Å². The summed E-state index contributed by atoms with van der Waals surface area (Å²) in [5.41, 5.74) is 5.71. The molecule has 0 aromatic rings. The number of thioether (sulfide) groups is 1. The Labute approximate surface area is 96.0 Å². The first-order valence-corrected chi connectivity index (χ1v) is 6.59. The Morgan fingerprint density at radius 2 is 2.27 bits per heavy atom. The van der Waals surface area contributed by atoms with Gasteiger partial charge in [-0.3, -0.25) is 4.99 Å². The Hall–Kier alpha value is -0.420. The number of hydrogen-bond acceptors (Lipinski definition) is 3. The molecule has 0 saturated carbocycles. The number of nitrogens with zero attached hydrogens (tertiary/aromatic N) is 1. The molecule has 1 rings (SSSR count). The van der Waals surface area contributed by atoms with Gasteiger partial charge in [-0.25, -0.2) is 0 Å². The zero-order valence-corrected chi connectivity index (χ0v) is 10.2. The second kappa shape index (κ2) is 7.82. The van der Waals surface area contributed by atoms with E-state index >= 15 is 0 Å². The van der Waals surface area contributed by atoms with Crippen molar-refractivity contribution < 1.29 is 4.74 Å². The number of hydrogen-bond donors (Lipinski definition) is 2. The number of guanidine groups is 1. The highest BCUT2D eigenvalue weighted by atomic mass is 32.2. The van der Waals surface area contributed by atoms with Crippen LogP contribution in [-0.2, 0) is 4.74 Å². The van der Waals surface area contributed by atoms with Crippen LogP contribution in [0.2, 0.25) is 0 Å². The zero-order valence-electron chi connectivity index (χ0n) is 9.37. The minimum atomic E-state index is 0.547. The molecule has 0 radical (unpaired) electrons. The Bertz CT molecular complexity index is 193. The normalized spacial score (nSPS) is 19.1. The standard InChI is InChI=1S/C10H21N3OS/c1-14-5-4-12-10(11)13-8-9-2-6-15-7-3-9/h9H,2-8H2,1H3,(H3,11,12,13). The maximum Gasteiger partial charge on any atom is 0.188 e. The van der Waals surface area contributed by atoms with Crippen molar-refractivity contribution in [1.29, 1.82) is 0 Å². The van der Waals surface area contributed by atoms with Gasteiger partial charge in [0, 0.05) is 20.2 Å². The summed E-state index contributed by atoms with van der Waals surface area (Å²) in [6.45, 7) is 2.26. The number of methoxy groups -OCH3 is 1. The molecular formula is C10H21N3OS. The summed E-state index contributed by atoms with van der Waals surface area (Å²) in [6.07, 6.45) is 2.55. The first-order valence-electron chi connectivity index (χ1n) is 5.43. The van der Waals surface area contributed by atoms with Crippen molar-refractivity contribution in [3.8, 4) is 0 Å². The highest BCUT2D eigenvalue weighted by Crippen LogP contribution is 2.22. The van der Waals surface area contributed by atoms with E-state index in [4.69, 9.17) is 10.5 Å². The lowest BCUT2D eigenvalue weighted by Crippen LogP contribution is -2.34. The highest BCUT2D eigenvalue weighted by molar-refractivity contribution is 7.99. The van der Waals surface area contributed by atoms with E-state index in [1.54, 1.807) is 7.11 Å². The molecule has 0 aliphatic carbocycles. The third-order valence-electron chi connectivity index (χ3n) is 2.47. The molecule has 0 spiro atoms. The topological polar surface area (TPSA) is 59.6 Å². The number of nitrogens with two attached hydrogens (primary N) is 1. The van der Waals surface area contributed by atoms with E-state index in [9.17, 15) is 0 Å². The Morgan fingerprint density at radius 1 is 1.53 bits per heavy atom. The molecule has 0 amide bonds. The molecule has 4 nitrogen and oxygen atoms in total. The molecule has 15 heavy (non-hydrogen) atoms. The van der Waals surface area contributed by atoms with Crippen molar-refractivity contribution in [1.82, 2.24) is 5.32 Å². The summed E-state index contributed by atoms with van der Waals surface area (Å²) >= 11 is 2.04. The van der Waals surface area contributed by atoms with Crippen LogP contribution in [0.15, 0.2) is 4.99 Å². The summed E-state index contributed by atoms with van der Waals surface area (Å²) in [5, 5.41) is 3.02. The van der Waals surface area contributed by atoms with Crippen molar-refractivity contribution in [2.75, 3.05) is 38.3 Å². The fourth-order valence-electron chi connectivity index (χ4n) is 1.49. The lowest BCUT2D eigenvalue weighted by Gasteiger charge is -2.19. The van der Waals surface area contributed by atoms with E-state index in [2.05, 4.69) is 10.3 Å². The molecule has 0 aromatic heterocycles. The van der Waals surface area contributed by atoms with Crippen LogP contribution in [0.4, 0.5) is 0 Å². The zero-order chi connectivity index (χ0) is 10.9. The van der Waals surface area contributed by atoms with Crippen molar-refractivity contribution in [3.05, 3.63) is 0 Å². The molecule has 0 bridgehead atoms. The molecule has 1 saturated heterocycles. The van der Waals surface area contributed by atoms with E-state index in [1.165, 1.54) is 24.3 Å². The molecule has 0 unspecified atom stereocenters. The lowest BCUT2D eigenvalue weighted by molar-refractivity contribution is 0.204. The first-order chi connectivity index (χ1) is 7.33. The second-order valence-corrected chi connectivity index (χ2v) is 4.93. The molecule has 1 aliphatic heterocycles. The summed E-state index contributed by atoms with van der Waals surface area (Å²) in [7, 11) is 1.68. The van der Waals surface area contributed by atoms with Crippen LogP contribution in [0.1, 0.15) is 12.8 Å². The average molecular weight is 231 g/mol. The van der Waals surface area contributed by atoms with Gasteiger partial charge >= 0.3 is 0 Å². The van der Waals surface area contributed by atoms with Gasteiger partial charge in [0.15, 0.2) is 5.96 Å². The predicted molar refractivity (Wildman–Crippen MR) is 66.4 cm³/mol. The van der Waals surface area contributed by atoms with Crippen LogP contribution >= 0.6 is 11.8 Å². The summed E-state index contributed by atoms with van der Waals surface area (Å²) < 4.78 is 4.91. The van der Waals surface area contributed by atoms with Crippen LogP contribution in [0.3, 0.4) is 0 Å². The van der Waals surface area contributed by atoms with Gasteiger partial charge < -0.3 is 15.8 Å². The van der Waals surface area contributed by atoms with Gasteiger partial charge in [-0.05, 0) is 30.3 Å². The quantitative estimate of drug-likeness (QED) is 0.415.